The van der Waals surface area contributed by atoms with Crippen LogP contribution in [0.25, 0.3) is 22.2 Å². The van der Waals surface area contributed by atoms with Crippen LogP contribution in [0.5, 0.6) is 5.75 Å². The Balaban J connectivity index is 1.50. The first kappa shape index (κ1) is 22.3. The van der Waals surface area contributed by atoms with Crippen LogP contribution in [0.2, 0.25) is 5.02 Å². The molecule has 0 radical (unpaired) electrons. The number of hydrogen-bond donors (Lipinski definition) is 0. The molecule has 1 aromatic heterocycles. The molecule has 0 N–H and O–H groups in total. The number of nitrogens with zero attached hydrogens (tertiary/aromatic N) is 4. The van der Waals surface area contributed by atoms with Gasteiger partial charge in [0.25, 0.3) is 0 Å². The van der Waals surface area contributed by atoms with Crippen LogP contribution in [-0.2, 0) is 0 Å². The summed E-state index contributed by atoms with van der Waals surface area (Å²) in [5.41, 5.74) is 5.90. The zero-order valence-electron chi connectivity index (χ0n) is 19.7. The third-order valence-electron chi connectivity index (χ3n) is 6.43. The fraction of sp³-hybridized carbons (Fsp3) is 0.100. The molecule has 1 aliphatic heterocycles. The summed E-state index contributed by atoms with van der Waals surface area (Å²) in [6.07, 6.45) is 0.739. The summed E-state index contributed by atoms with van der Waals surface area (Å²) in [5.74, 6) is 1.38. The predicted octanol–water partition coefficient (Wildman–Crippen LogP) is 7.31. The van der Waals surface area contributed by atoms with Gasteiger partial charge < -0.3 is 4.74 Å². The van der Waals surface area contributed by atoms with Gasteiger partial charge in [0.15, 0.2) is 0 Å². The Kier molecular flexibility index (Phi) is 5.84. The quantitative estimate of drug-likeness (QED) is 0.259. The number of fused-ring (bicyclic) bond motifs is 1. The van der Waals surface area contributed by atoms with Gasteiger partial charge in [-0.2, -0.15) is 5.10 Å². The van der Waals surface area contributed by atoms with Crippen molar-refractivity contribution in [3.05, 3.63) is 119 Å². The van der Waals surface area contributed by atoms with E-state index in [2.05, 4.69) is 24.3 Å². The number of hydrogen-bond acceptors (Lipinski definition) is 5. The summed E-state index contributed by atoms with van der Waals surface area (Å²) >= 11 is 6.17. The molecule has 0 aliphatic carbocycles. The molecule has 0 spiro atoms. The Morgan fingerprint density at radius 3 is 2.22 bits per heavy atom. The first-order valence-corrected chi connectivity index (χ1v) is 12.2. The number of methoxy groups -OCH3 is 1. The monoisotopic (exact) mass is 490 g/mol. The average molecular weight is 491 g/mol. The second-order valence-electron chi connectivity index (χ2n) is 8.65. The van der Waals surface area contributed by atoms with Crippen molar-refractivity contribution in [2.75, 3.05) is 12.1 Å². The molecule has 0 amide bonds. The first-order valence-electron chi connectivity index (χ1n) is 11.8. The van der Waals surface area contributed by atoms with E-state index >= 15 is 0 Å². The van der Waals surface area contributed by atoms with Gasteiger partial charge in [0.05, 0.1) is 30.1 Å². The summed E-state index contributed by atoms with van der Waals surface area (Å²) in [5, 5.41) is 8.69. The fourth-order valence-corrected chi connectivity index (χ4v) is 4.71. The first-order chi connectivity index (χ1) is 17.7. The molecule has 6 rings (SSSR count). The number of anilines is 1. The van der Waals surface area contributed by atoms with Crippen molar-refractivity contribution >= 4 is 34.2 Å². The number of hydrazone groups is 1. The molecule has 0 bridgehead atoms. The zero-order chi connectivity index (χ0) is 24.5. The molecule has 0 unspecified atom stereocenters. The van der Waals surface area contributed by atoms with Crippen LogP contribution in [-0.4, -0.2) is 22.8 Å². The minimum atomic E-state index is -0.0254. The van der Waals surface area contributed by atoms with Gasteiger partial charge in [-0.25, -0.2) is 15.0 Å². The van der Waals surface area contributed by atoms with Gasteiger partial charge >= 0.3 is 0 Å². The van der Waals surface area contributed by atoms with Crippen molar-refractivity contribution in [3.63, 3.8) is 0 Å². The van der Waals surface area contributed by atoms with Crippen molar-refractivity contribution in [1.82, 2.24) is 9.97 Å². The molecule has 5 nitrogen and oxygen atoms in total. The summed E-state index contributed by atoms with van der Waals surface area (Å²) in [6.45, 7) is 0. The van der Waals surface area contributed by atoms with Gasteiger partial charge in [0.2, 0.25) is 5.95 Å². The molecular formula is C30H23ClN4O. The van der Waals surface area contributed by atoms with E-state index in [1.54, 1.807) is 7.11 Å². The highest BCUT2D eigenvalue weighted by atomic mass is 35.5. The molecule has 2 heterocycles. The standard InChI is InChI=1S/C30H23ClN4O/c1-36-24-17-13-20(14-18-24)27-19-28(21-7-3-2-4-8-21)35(34-27)30-32-26-10-6-5-9-25(26)29(33-30)22-11-15-23(31)16-12-22/h2-18,28H,19H2,1H3/t28-/m1/s1. The lowest BCUT2D eigenvalue weighted by atomic mass is 9.98. The Morgan fingerprint density at radius 1 is 0.778 bits per heavy atom. The predicted molar refractivity (Wildman–Crippen MR) is 146 cm³/mol. The minimum absolute atomic E-state index is 0.0254. The van der Waals surface area contributed by atoms with Crippen molar-refractivity contribution in [1.29, 1.82) is 0 Å². The molecule has 6 heteroatoms. The maximum Gasteiger partial charge on any atom is 0.247 e. The third kappa shape index (κ3) is 4.18. The molecular weight excluding hydrogens is 468 g/mol. The SMILES string of the molecule is COc1ccc(C2=NN(c3nc(-c4ccc(Cl)cc4)c4ccccc4n3)[C@@H](c3ccccc3)C2)cc1. The normalized spacial score (nSPS) is 15.2. The highest BCUT2D eigenvalue weighted by molar-refractivity contribution is 6.30. The van der Waals surface area contributed by atoms with Crippen LogP contribution in [0, 0.1) is 0 Å². The topological polar surface area (TPSA) is 50.6 Å². The van der Waals surface area contributed by atoms with Crippen molar-refractivity contribution in [2.45, 2.75) is 12.5 Å². The molecule has 0 fully saturated rings. The summed E-state index contributed by atoms with van der Waals surface area (Å²) in [6, 6.07) is 34.2. The maximum absolute atomic E-state index is 6.17. The van der Waals surface area contributed by atoms with E-state index in [-0.39, 0.29) is 6.04 Å². The highest BCUT2D eigenvalue weighted by Crippen LogP contribution is 2.37. The lowest BCUT2D eigenvalue weighted by molar-refractivity contribution is 0.415. The third-order valence-corrected chi connectivity index (χ3v) is 6.68. The van der Waals surface area contributed by atoms with Crippen molar-refractivity contribution in [3.8, 4) is 17.0 Å². The molecule has 4 aromatic carbocycles. The van der Waals surface area contributed by atoms with Crippen LogP contribution >= 0.6 is 11.6 Å². The maximum atomic E-state index is 6.17. The second kappa shape index (κ2) is 9.44. The summed E-state index contributed by atoms with van der Waals surface area (Å²) in [4.78, 5) is 10.0. The van der Waals surface area contributed by atoms with Gasteiger partial charge in [-0.05, 0) is 53.6 Å². The molecule has 0 saturated carbocycles. The Bertz CT molecular complexity index is 1550. The van der Waals surface area contributed by atoms with Crippen LogP contribution < -0.4 is 9.75 Å². The van der Waals surface area contributed by atoms with Crippen LogP contribution in [0.1, 0.15) is 23.6 Å². The lowest BCUT2D eigenvalue weighted by Gasteiger charge is -2.23. The summed E-state index contributed by atoms with van der Waals surface area (Å²) < 4.78 is 5.34. The molecule has 0 saturated heterocycles. The Labute approximate surface area is 214 Å². The van der Waals surface area contributed by atoms with Crippen molar-refractivity contribution < 1.29 is 4.74 Å². The fourth-order valence-electron chi connectivity index (χ4n) is 4.58. The second-order valence-corrected chi connectivity index (χ2v) is 9.08. The number of para-hydroxylation sites is 1. The van der Waals surface area contributed by atoms with E-state index in [0.29, 0.717) is 11.0 Å². The molecule has 5 aromatic rings. The zero-order valence-corrected chi connectivity index (χ0v) is 20.4. The number of rotatable bonds is 5. The Morgan fingerprint density at radius 2 is 1.47 bits per heavy atom. The number of benzene rings is 4. The van der Waals surface area contributed by atoms with Gasteiger partial charge in [-0.3, -0.25) is 0 Å². The highest BCUT2D eigenvalue weighted by Gasteiger charge is 2.32. The summed E-state index contributed by atoms with van der Waals surface area (Å²) in [7, 11) is 1.67. The van der Waals surface area contributed by atoms with Crippen LogP contribution in [0.15, 0.2) is 108 Å². The van der Waals surface area contributed by atoms with E-state index in [1.807, 2.05) is 83.9 Å². The molecule has 176 valence electrons. The van der Waals surface area contributed by atoms with Crippen molar-refractivity contribution in [2.24, 2.45) is 5.10 Å². The van der Waals surface area contributed by atoms with Gasteiger partial charge in [-0.15, -0.1) is 0 Å². The van der Waals surface area contributed by atoms with Gasteiger partial charge in [0.1, 0.15) is 5.75 Å². The molecule has 36 heavy (non-hydrogen) atoms. The smallest absolute Gasteiger partial charge is 0.247 e. The minimum Gasteiger partial charge on any atom is -0.497 e. The van der Waals surface area contributed by atoms with Gasteiger partial charge in [-0.1, -0.05) is 72.3 Å². The molecule has 1 atom stereocenters. The van der Waals surface area contributed by atoms with E-state index in [0.717, 1.165) is 51.2 Å². The van der Waals surface area contributed by atoms with Crippen LogP contribution in [0.3, 0.4) is 0 Å². The number of ether oxygens (including phenoxy) is 1. The molecule has 1 aliphatic rings. The number of aromatic nitrogens is 2. The number of halogens is 1. The Hall–Kier alpha value is -4.22. The van der Waals surface area contributed by atoms with Crippen LogP contribution in [0.4, 0.5) is 5.95 Å². The largest absolute Gasteiger partial charge is 0.497 e. The average Bonchev–Trinajstić information content (AvgIpc) is 3.39. The lowest BCUT2D eigenvalue weighted by Crippen LogP contribution is -2.21. The van der Waals surface area contributed by atoms with E-state index in [9.17, 15) is 0 Å². The van der Waals surface area contributed by atoms with E-state index in [4.69, 9.17) is 31.4 Å². The van der Waals surface area contributed by atoms with E-state index in [1.165, 1.54) is 0 Å². The van der Waals surface area contributed by atoms with E-state index < -0.39 is 0 Å². The van der Waals surface area contributed by atoms with Gasteiger partial charge in [0, 0.05) is 22.4 Å².